The molecule has 0 bridgehead atoms. The highest BCUT2D eigenvalue weighted by molar-refractivity contribution is 7.17. The van der Waals surface area contributed by atoms with Crippen LogP contribution in [0.3, 0.4) is 0 Å². The van der Waals surface area contributed by atoms with Crippen LogP contribution in [0.4, 0.5) is 16.6 Å². The summed E-state index contributed by atoms with van der Waals surface area (Å²) in [7, 11) is 0. The Labute approximate surface area is 159 Å². The van der Waals surface area contributed by atoms with E-state index in [1.807, 2.05) is 45.0 Å². The Balaban J connectivity index is 1.55. The second kappa shape index (κ2) is 6.81. The van der Waals surface area contributed by atoms with E-state index in [-0.39, 0.29) is 5.91 Å². The molecule has 8 heteroatoms. The molecule has 3 aromatic heterocycles. The van der Waals surface area contributed by atoms with Crippen molar-refractivity contribution in [3.8, 4) is 0 Å². The minimum atomic E-state index is -0.203. The number of nitrogens with zero attached hydrogens (tertiary/aromatic N) is 3. The second-order valence-electron chi connectivity index (χ2n) is 6.37. The summed E-state index contributed by atoms with van der Waals surface area (Å²) in [4.78, 5) is 21.9. The average molecular weight is 378 g/mol. The minimum absolute atomic E-state index is 0.203. The third kappa shape index (κ3) is 3.52. The summed E-state index contributed by atoms with van der Waals surface area (Å²) < 4.78 is 0. The van der Waals surface area contributed by atoms with Gasteiger partial charge in [-0.2, -0.15) is 5.10 Å². The molecular weight excluding hydrogens is 360 g/mol. The Morgan fingerprint density at radius 1 is 1.15 bits per heavy atom. The molecule has 136 valence electrons. The number of carbonyl (C=O) groups excluding carboxylic acids is 1. The van der Waals surface area contributed by atoms with Crippen molar-refractivity contribution in [2.45, 2.75) is 20.8 Å². The molecule has 27 heavy (non-hydrogen) atoms. The highest BCUT2D eigenvalue weighted by Gasteiger charge is 2.15. The third-order valence-corrected chi connectivity index (χ3v) is 5.04. The summed E-state index contributed by atoms with van der Waals surface area (Å²) in [5, 5.41) is 14.6. The van der Waals surface area contributed by atoms with Gasteiger partial charge >= 0.3 is 0 Å². The van der Waals surface area contributed by atoms with E-state index in [9.17, 15) is 4.79 Å². The zero-order valence-corrected chi connectivity index (χ0v) is 15.9. The van der Waals surface area contributed by atoms with Gasteiger partial charge in [0, 0.05) is 11.1 Å². The smallest absolute Gasteiger partial charge is 0.267 e. The third-order valence-electron chi connectivity index (χ3n) is 4.13. The van der Waals surface area contributed by atoms with Crippen molar-refractivity contribution in [3.05, 3.63) is 58.4 Å². The molecule has 0 aliphatic heterocycles. The van der Waals surface area contributed by atoms with Gasteiger partial charge in [0.2, 0.25) is 0 Å². The number of aromatic nitrogens is 4. The van der Waals surface area contributed by atoms with Crippen LogP contribution in [0.5, 0.6) is 0 Å². The predicted molar refractivity (Wildman–Crippen MR) is 108 cm³/mol. The first-order chi connectivity index (χ1) is 13.0. The summed E-state index contributed by atoms with van der Waals surface area (Å²) >= 11 is 1.28. The fourth-order valence-electron chi connectivity index (χ4n) is 2.92. The zero-order chi connectivity index (χ0) is 19.0. The lowest BCUT2D eigenvalue weighted by molar-refractivity contribution is 0.103. The van der Waals surface area contributed by atoms with Crippen molar-refractivity contribution < 1.29 is 4.79 Å². The summed E-state index contributed by atoms with van der Waals surface area (Å²) in [5.41, 5.74) is 4.65. The van der Waals surface area contributed by atoms with Gasteiger partial charge in [0.15, 0.2) is 5.13 Å². The number of carbonyl (C=O) groups is 1. The van der Waals surface area contributed by atoms with Crippen LogP contribution < -0.4 is 10.6 Å². The van der Waals surface area contributed by atoms with Crippen molar-refractivity contribution in [1.82, 2.24) is 20.2 Å². The molecule has 4 rings (SSSR count). The van der Waals surface area contributed by atoms with E-state index in [1.165, 1.54) is 11.3 Å². The van der Waals surface area contributed by atoms with Gasteiger partial charge in [-0.15, -0.1) is 0 Å². The molecule has 3 heterocycles. The molecule has 7 nitrogen and oxygen atoms in total. The Morgan fingerprint density at radius 3 is 2.81 bits per heavy atom. The lowest BCUT2D eigenvalue weighted by atomic mass is 10.1. The Morgan fingerprint density at radius 2 is 2.00 bits per heavy atom. The zero-order valence-electron chi connectivity index (χ0n) is 15.1. The predicted octanol–water partition coefficient (Wildman–Crippen LogP) is 4.34. The number of benzene rings is 1. The first-order valence-electron chi connectivity index (χ1n) is 8.42. The number of rotatable bonds is 4. The fraction of sp³-hybridized carbons (Fsp3) is 0.158. The number of amides is 1. The highest BCUT2D eigenvalue weighted by Crippen LogP contribution is 2.28. The maximum absolute atomic E-state index is 12.7. The number of anilines is 3. The maximum atomic E-state index is 12.7. The molecule has 4 aromatic rings. The molecule has 1 amide bonds. The Bertz CT molecular complexity index is 1130. The van der Waals surface area contributed by atoms with Gasteiger partial charge in [-0.05, 0) is 50.1 Å². The molecule has 0 saturated heterocycles. The van der Waals surface area contributed by atoms with Crippen molar-refractivity contribution in [1.29, 1.82) is 0 Å². The van der Waals surface area contributed by atoms with Gasteiger partial charge < -0.3 is 10.6 Å². The number of aryl methyl sites for hydroxylation is 3. The molecule has 0 aliphatic rings. The van der Waals surface area contributed by atoms with Crippen molar-refractivity contribution in [2.75, 3.05) is 10.6 Å². The molecule has 1 aromatic carbocycles. The molecule has 0 aliphatic carbocycles. The molecule has 0 radical (unpaired) electrons. The molecule has 0 fully saturated rings. The molecule has 0 spiro atoms. The van der Waals surface area contributed by atoms with Crippen LogP contribution >= 0.6 is 11.3 Å². The van der Waals surface area contributed by atoms with Crippen molar-refractivity contribution >= 4 is 44.8 Å². The van der Waals surface area contributed by atoms with Gasteiger partial charge in [0.05, 0.1) is 23.6 Å². The summed E-state index contributed by atoms with van der Waals surface area (Å²) in [5.74, 6) is 0.513. The fourth-order valence-corrected chi connectivity index (χ4v) is 3.64. The highest BCUT2D eigenvalue weighted by atomic mass is 32.1. The molecular formula is C19H18N6OS. The topological polar surface area (TPSA) is 95.6 Å². The first-order valence-corrected chi connectivity index (χ1v) is 9.23. The van der Waals surface area contributed by atoms with E-state index in [2.05, 4.69) is 30.8 Å². The van der Waals surface area contributed by atoms with Crippen LogP contribution in [0.15, 0.2) is 36.7 Å². The quantitative estimate of drug-likeness (QED) is 0.491. The van der Waals surface area contributed by atoms with Gasteiger partial charge in [0.25, 0.3) is 5.91 Å². The Kier molecular flexibility index (Phi) is 4.33. The summed E-state index contributed by atoms with van der Waals surface area (Å²) in [6.45, 7) is 5.91. The standard InChI is InChI=1S/C19H18N6OS/c1-10-6-12(3)22-16(7-10)23-19-20-9-15(27-19)18(26)24-17-11(2)4-5-14-13(17)8-21-25-14/h4-9H,1-3H3,(H,21,25)(H,24,26)(H,20,22,23). The number of H-pyrrole nitrogens is 1. The monoisotopic (exact) mass is 378 g/mol. The summed E-state index contributed by atoms with van der Waals surface area (Å²) in [6, 6.07) is 7.84. The second-order valence-corrected chi connectivity index (χ2v) is 7.40. The van der Waals surface area contributed by atoms with Crippen LogP contribution in [0.25, 0.3) is 10.9 Å². The Hall–Kier alpha value is -3.26. The molecule has 0 unspecified atom stereocenters. The lowest BCUT2D eigenvalue weighted by Crippen LogP contribution is -2.11. The number of hydrogen-bond donors (Lipinski definition) is 3. The van der Waals surface area contributed by atoms with Crippen molar-refractivity contribution in [2.24, 2.45) is 0 Å². The van der Waals surface area contributed by atoms with E-state index < -0.39 is 0 Å². The number of hydrogen-bond acceptors (Lipinski definition) is 6. The number of nitrogens with one attached hydrogen (secondary N) is 3. The number of thiazole rings is 1. The first kappa shape index (κ1) is 17.2. The van der Waals surface area contributed by atoms with E-state index in [1.54, 1.807) is 12.4 Å². The maximum Gasteiger partial charge on any atom is 0.267 e. The van der Waals surface area contributed by atoms with E-state index >= 15 is 0 Å². The van der Waals surface area contributed by atoms with Crippen LogP contribution in [-0.2, 0) is 0 Å². The average Bonchev–Trinajstić information content (AvgIpc) is 3.25. The van der Waals surface area contributed by atoms with Gasteiger partial charge in [0.1, 0.15) is 10.7 Å². The van der Waals surface area contributed by atoms with Gasteiger partial charge in [-0.1, -0.05) is 17.4 Å². The van der Waals surface area contributed by atoms with Gasteiger partial charge in [-0.25, -0.2) is 9.97 Å². The van der Waals surface area contributed by atoms with Gasteiger partial charge in [-0.3, -0.25) is 9.89 Å². The summed E-state index contributed by atoms with van der Waals surface area (Å²) in [6.07, 6.45) is 3.28. The minimum Gasteiger partial charge on any atom is -0.320 e. The molecule has 0 saturated carbocycles. The van der Waals surface area contributed by atoms with Crippen LogP contribution in [0, 0.1) is 20.8 Å². The molecule has 3 N–H and O–H groups in total. The van der Waals surface area contributed by atoms with E-state index in [0.29, 0.717) is 15.8 Å². The molecule has 0 atom stereocenters. The van der Waals surface area contributed by atoms with Crippen LogP contribution in [0.1, 0.15) is 26.5 Å². The largest absolute Gasteiger partial charge is 0.320 e. The van der Waals surface area contributed by atoms with E-state index in [0.717, 1.165) is 33.4 Å². The number of pyridine rings is 1. The van der Waals surface area contributed by atoms with E-state index in [4.69, 9.17) is 0 Å². The van der Waals surface area contributed by atoms with Crippen LogP contribution in [-0.4, -0.2) is 26.1 Å². The normalized spacial score (nSPS) is 10.9. The lowest BCUT2D eigenvalue weighted by Gasteiger charge is -2.08. The van der Waals surface area contributed by atoms with Crippen LogP contribution in [0.2, 0.25) is 0 Å². The number of aromatic amines is 1. The SMILES string of the molecule is Cc1cc(C)nc(Nc2ncc(C(=O)Nc3c(C)ccc4[nH]ncc34)s2)c1. The van der Waals surface area contributed by atoms with Crippen molar-refractivity contribution in [3.63, 3.8) is 0 Å². The number of fused-ring (bicyclic) bond motifs is 1.